The molecule has 1 atom stereocenters. The Labute approximate surface area is 121 Å². The molecule has 3 nitrogen and oxygen atoms in total. The Balaban J connectivity index is 1.96. The number of nitrogens with one attached hydrogen (secondary N) is 1. The van der Waals surface area contributed by atoms with Gasteiger partial charge in [-0.2, -0.15) is 0 Å². The molecule has 0 aliphatic carbocycles. The maximum Gasteiger partial charge on any atom is 0.0692 e. The largest absolute Gasteiger partial charge is 0.392 e. The molecule has 0 aliphatic heterocycles. The molecule has 0 bridgehead atoms. The summed E-state index contributed by atoms with van der Waals surface area (Å²) in [6.07, 6.45) is 3.99. The number of aryl methyl sites for hydroxylation is 1. The Morgan fingerprint density at radius 1 is 1.20 bits per heavy atom. The topological polar surface area (TPSA) is 37.2 Å². The van der Waals surface area contributed by atoms with Crippen molar-refractivity contribution in [2.75, 3.05) is 6.54 Å². The summed E-state index contributed by atoms with van der Waals surface area (Å²) in [5.41, 5.74) is 2.55. The lowest BCUT2D eigenvalue weighted by molar-refractivity contribution is 0.101. The summed E-state index contributed by atoms with van der Waals surface area (Å²) in [7, 11) is 2.07. The standard InChI is InChI=1S/C17H26N2O/c1-4-13(5-2)17(20)11-18-10-14-12-19(3)16-9-7-6-8-15(14)16/h6-9,12-13,17-18,20H,4-5,10-11H2,1-3H3. The zero-order valence-electron chi connectivity index (χ0n) is 12.8. The molecule has 1 heterocycles. The van der Waals surface area contributed by atoms with Crippen LogP contribution in [0, 0.1) is 5.92 Å². The van der Waals surface area contributed by atoms with Gasteiger partial charge in [0.15, 0.2) is 0 Å². The van der Waals surface area contributed by atoms with Crippen molar-refractivity contribution in [3.05, 3.63) is 36.0 Å². The number of hydrogen-bond donors (Lipinski definition) is 2. The van der Waals surface area contributed by atoms with E-state index in [0.29, 0.717) is 12.5 Å². The van der Waals surface area contributed by atoms with Crippen LogP contribution >= 0.6 is 0 Å². The molecule has 2 aromatic rings. The number of aliphatic hydroxyl groups excluding tert-OH is 1. The second-order valence-corrected chi connectivity index (χ2v) is 5.56. The number of fused-ring (bicyclic) bond motifs is 1. The van der Waals surface area contributed by atoms with Crippen molar-refractivity contribution in [2.45, 2.75) is 39.3 Å². The van der Waals surface area contributed by atoms with E-state index >= 15 is 0 Å². The number of benzene rings is 1. The second kappa shape index (κ2) is 6.91. The van der Waals surface area contributed by atoms with Crippen molar-refractivity contribution in [1.29, 1.82) is 0 Å². The third-order valence-corrected chi connectivity index (χ3v) is 4.24. The van der Waals surface area contributed by atoms with Gasteiger partial charge in [0.25, 0.3) is 0 Å². The highest BCUT2D eigenvalue weighted by atomic mass is 16.3. The van der Waals surface area contributed by atoms with Crippen molar-refractivity contribution in [3.8, 4) is 0 Å². The van der Waals surface area contributed by atoms with Crippen LogP contribution in [0.25, 0.3) is 10.9 Å². The van der Waals surface area contributed by atoms with Crippen molar-refractivity contribution >= 4 is 10.9 Å². The fourth-order valence-electron chi connectivity index (χ4n) is 2.92. The molecule has 110 valence electrons. The lowest BCUT2D eigenvalue weighted by Crippen LogP contribution is -2.32. The van der Waals surface area contributed by atoms with Crippen LogP contribution in [-0.2, 0) is 13.6 Å². The van der Waals surface area contributed by atoms with Gasteiger partial charge in [-0.1, -0.05) is 44.9 Å². The van der Waals surface area contributed by atoms with Gasteiger partial charge in [0.05, 0.1) is 6.10 Å². The van der Waals surface area contributed by atoms with Crippen LogP contribution in [0.4, 0.5) is 0 Å². The quantitative estimate of drug-likeness (QED) is 0.814. The lowest BCUT2D eigenvalue weighted by Gasteiger charge is -2.20. The molecule has 2 rings (SSSR count). The molecule has 2 N–H and O–H groups in total. The summed E-state index contributed by atoms with van der Waals surface area (Å²) in [6, 6.07) is 8.43. The highest BCUT2D eigenvalue weighted by Crippen LogP contribution is 2.20. The SMILES string of the molecule is CCC(CC)C(O)CNCc1cn(C)c2ccccc12. The average Bonchev–Trinajstić information content (AvgIpc) is 2.78. The Kier molecular flexibility index (Phi) is 5.21. The van der Waals surface area contributed by atoms with Gasteiger partial charge in [-0.05, 0) is 17.5 Å². The van der Waals surface area contributed by atoms with Gasteiger partial charge in [-0.3, -0.25) is 0 Å². The van der Waals surface area contributed by atoms with Gasteiger partial charge in [0, 0.05) is 37.2 Å². The van der Waals surface area contributed by atoms with E-state index in [0.717, 1.165) is 19.4 Å². The van der Waals surface area contributed by atoms with Gasteiger partial charge in [-0.15, -0.1) is 0 Å². The molecule has 0 aliphatic rings. The van der Waals surface area contributed by atoms with E-state index in [1.165, 1.54) is 16.5 Å². The minimum absolute atomic E-state index is 0.250. The van der Waals surface area contributed by atoms with E-state index in [4.69, 9.17) is 0 Å². The van der Waals surface area contributed by atoms with E-state index < -0.39 is 0 Å². The predicted molar refractivity (Wildman–Crippen MR) is 84.7 cm³/mol. The number of nitrogens with zero attached hydrogens (tertiary/aromatic N) is 1. The van der Waals surface area contributed by atoms with Crippen LogP contribution in [-0.4, -0.2) is 22.3 Å². The summed E-state index contributed by atoms with van der Waals surface area (Å²) in [5.74, 6) is 0.398. The van der Waals surface area contributed by atoms with Gasteiger partial charge >= 0.3 is 0 Å². The van der Waals surface area contributed by atoms with E-state index in [1.807, 2.05) is 0 Å². The molecule has 0 radical (unpaired) electrons. The minimum atomic E-state index is -0.250. The van der Waals surface area contributed by atoms with Gasteiger partial charge < -0.3 is 15.0 Å². The molecule has 3 heteroatoms. The Bertz CT molecular complexity index is 543. The van der Waals surface area contributed by atoms with Crippen LogP contribution in [0.3, 0.4) is 0 Å². The predicted octanol–water partition coefficient (Wildman–Crippen LogP) is 3.07. The number of aliphatic hydroxyl groups is 1. The number of aromatic nitrogens is 1. The van der Waals surface area contributed by atoms with Crippen molar-refractivity contribution in [1.82, 2.24) is 9.88 Å². The van der Waals surface area contributed by atoms with Crippen molar-refractivity contribution in [2.24, 2.45) is 13.0 Å². The summed E-state index contributed by atoms with van der Waals surface area (Å²) in [4.78, 5) is 0. The summed E-state index contributed by atoms with van der Waals surface area (Å²) in [6.45, 7) is 5.75. The first kappa shape index (κ1) is 15.1. The normalized spacial score (nSPS) is 13.2. The molecular weight excluding hydrogens is 248 g/mol. The minimum Gasteiger partial charge on any atom is -0.392 e. The van der Waals surface area contributed by atoms with Crippen LogP contribution in [0.5, 0.6) is 0 Å². The molecule has 1 aromatic heterocycles. The first-order chi connectivity index (χ1) is 9.67. The molecule has 0 saturated heterocycles. The third-order valence-electron chi connectivity index (χ3n) is 4.24. The lowest BCUT2D eigenvalue weighted by atomic mass is 9.96. The summed E-state index contributed by atoms with van der Waals surface area (Å²) >= 11 is 0. The molecule has 20 heavy (non-hydrogen) atoms. The maximum absolute atomic E-state index is 10.1. The fraction of sp³-hybridized carbons (Fsp3) is 0.529. The van der Waals surface area contributed by atoms with Gasteiger partial charge in [0.2, 0.25) is 0 Å². The summed E-state index contributed by atoms with van der Waals surface area (Å²) in [5, 5.41) is 14.8. The molecule has 0 spiro atoms. The summed E-state index contributed by atoms with van der Waals surface area (Å²) < 4.78 is 2.16. The van der Waals surface area contributed by atoms with Crippen molar-refractivity contribution in [3.63, 3.8) is 0 Å². The van der Waals surface area contributed by atoms with Crippen LogP contribution < -0.4 is 5.32 Å². The van der Waals surface area contributed by atoms with Gasteiger partial charge in [-0.25, -0.2) is 0 Å². The Hall–Kier alpha value is -1.32. The Morgan fingerprint density at radius 2 is 1.90 bits per heavy atom. The molecule has 0 fully saturated rings. The van der Waals surface area contributed by atoms with E-state index in [-0.39, 0.29) is 6.10 Å². The first-order valence-corrected chi connectivity index (χ1v) is 7.59. The smallest absolute Gasteiger partial charge is 0.0692 e. The zero-order valence-corrected chi connectivity index (χ0v) is 12.8. The number of hydrogen-bond acceptors (Lipinski definition) is 2. The highest BCUT2D eigenvalue weighted by Gasteiger charge is 2.15. The molecule has 0 amide bonds. The highest BCUT2D eigenvalue weighted by molar-refractivity contribution is 5.83. The zero-order chi connectivity index (χ0) is 14.5. The average molecular weight is 274 g/mol. The first-order valence-electron chi connectivity index (χ1n) is 7.59. The third kappa shape index (κ3) is 3.22. The molecule has 1 unspecified atom stereocenters. The van der Waals surface area contributed by atoms with Gasteiger partial charge in [0.1, 0.15) is 0 Å². The monoisotopic (exact) mass is 274 g/mol. The molecule has 1 aromatic carbocycles. The molecular formula is C17H26N2O. The second-order valence-electron chi connectivity index (χ2n) is 5.56. The number of rotatable bonds is 7. The maximum atomic E-state index is 10.1. The van der Waals surface area contributed by atoms with Crippen LogP contribution in [0.1, 0.15) is 32.3 Å². The number of para-hydroxylation sites is 1. The van der Waals surface area contributed by atoms with Crippen LogP contribution in [0.2, 0.25) is 0 Å². The van der Waals surface area contributed by atoms with E-state index in [2.05, 4.69) is 61.2 Å². The van der Waals surface area contributed by atoms with E-state index in [9.17, 15) is 5.11 Å². The van der Waals surface area contributed by atoms with E-state index in [1.54, 1.807) is 0 Å². The van der Waals surface area contributed by atoms with Crippen LogP contribution in [0.15, 0.2) is 30.5 Å². The molecule has 0 saturated carbocycles. The Morgan fingerprint density at radius 3 is 2.60 bits per heavy atom. The fourth-order valence-corrected chi connectivity index (χ4v) is 2.92. The van der Waals surface area contributed by atoms with Crippen molar-refractivity contribution < 1.29 is 5.11 Å².